The van der Waals surface area contributed by atoms with Gasteiger partial charge in [0.05, 0.1) is 7.05 Å². The monoisotopic (exact) mass is 356 g/mol. The van der Waals surface area contributed by atoms with E-state index < -0.39 is 4.92 Å². The van der Waals surface area contributed by atoms with E-state index in [9.17, 15) is 10.1 Å². The molecule has 0 spiro atoms. The lowest BCUT2D eigenvalue weighted by Gasteiger charge is -2.27. The summed E-state index contributed by atoms with van der Waals surface area (Å²) in [6, 6.07) is 4.12. The van der Waals surface area contributed by atoms with E-state index in [0.717, 1.165) is 24.6 Å². The topological polar surface area (TPSA) is 116 Å². The molecule has 3 aromatic rings. The van der Waals surface area contributed by atoms with Crippen molar-refractivity contribution in [1.29, 1.82) is 0 Å². The Balaban J connectivity index is 1.66. The summed E-state index contributed by atoms with van der Waals surface area (Å²) in [4.78, 5) is 14.7. The number of anilines is 1. The standard InChI is InChI=1S/C16H20N8O2/c1-10-3-5-11(6-4-10)18-12-7-8-13-19-20-16(23(13)21-12)15-17-9-14(22(15)2)24(25)26/h7-11H,3-6H2,1-2H3,(H,18,21). The van der Waals surface area contributed by atoms with Crippen molar-refractivity contribution < 1.29 is 4.92 Å². The van der Waals surface area contributed by atoms with E-state index in [2.05, 4.69) is 32.5 Å². The Morgan fingerprint density at radius 3 is 2.65 bits per heavy atom. The lowest BCUT2D eigenvalue weighted by molar-refractivity contribution is -0.391. The molecule has 3 heterocycles. The SMILES string of the molecule is CC1CCC(Nc2ccc3nnc(-c4ncc([N+](=O)[O-])n4C)n3n2)CC1. The molecular weight excluding hydrogens is 336 g/mol. The highest BCUT2D eigenvalue weighted by atomic mass is 16.6. The molecular formula is C16H20N8O2. The molecule has 0 aromatic carbocycles. The van der Waals surface area contributed by atoms with E-state index in [1.165, 1.54) is 23.6 Å². The van der Waals surface area contributed by atoms with Crippen LogP contribution in [0.3, 0.4) is 0 Å². The molecule has 0 unspecified atom stereocenters. The first-order valence-electron chi connectivity index (χ1n) is 8.68. The number of hydrogen-bond donors (Lipinski definition) is 1. The van der Waals surface area contributed by atoms with Gasteiger partial charge in [0, 0.05) is 6.04 Å². The van der Waals surface area contributed by atoms with Crippen LogP contribution >= 0.6 is 0 Å². The zero-order valence-electron chi connectivity index (χ0n) is 14.7. The molecule has 0 atom stereocenters. The van der Waals surface area contributed by atoms with Gasteiger partial charge in [-0.1, -0.05) is 6.92 Å². The van der Waals surface area contributed by atoms with Gasteiger partial charge in [0.15, 0.2) is 5.65 Å². The fraction of sp³-hybridized carbons (Fsp3) is 0.500. The minimum Gasteiger partial charge on any atom is -0.366 e. The van der Waals surface area contributed by atoms with E-state index in [1.807, 2.05) is 12.1 Å². The van der Waals surface area contributed by atoms with Crippen molar-refractivity contribution in [3.63, 3.8) is 0 Å². The van der Waals surface area contributed by atoms with E-state index in [-0.39, 0.29) is 5.82 Å². The number of nitrogens with one attached hydrogen (secondary N) is 1. The molecule has 0 amide bonds. The Morgan fingerprint density at radius 1 is 1.19 bits per heavy atom. The summed E-state index contributed by atoms with van der Waals surface area (Å²) in [7, 11) is 1.58. The highest BCUT2D eigenvalue weighted by molar-refractivity contribution is 5.55. The van der Waals surface area contributed by atoms with Gasteiger partial charge in [0.2, 0.25) is 5.82 Å². The lowest BCUT2D eigenvalue weighted by atomic mass is 9.87. The molecule has 0 bridgehead atoms. The van der Waals surface area contributed by atoms with Crippen molar-refractivity contribution in [2.45, 2.75) is 38.6 Å². The Labute approximate surface area is 149 Å². The highest BCUT2D eigenvalue weighted by Gasteiger charge is 2.24. The average molecular weight is 356 g/mol. The zero-order chi connectivity index (χ0) is 18.3. The molecule has 4 rings (SSSR count). The predicted octanol–water partition coefficient (Wildman–Crippen LogP) is 2.42. The predicted molar refractivity (Wildman–Crippen MR) is 94.7 cm³/mol. The first kappa shape index (κ1) is 16.4. The molecule has 0 saturated heterocycles. The Morgan fingerprint density at radius 2 is 1.96 bits per heavy atom. The van der Waals surface area contributed by atoms with Crippen molar-refractivity contribution in [3.05, 3.63) is 28.4 Å². The van der Waals surface area contributed by atoms with Crippen LogP contribution in [0.4, 0.5) is 11.6 Å². The maximum atomic E-state index is 11.0. The Hall–Kier alpha value is -3.04. The van der Waals surface area contributed by atoms with Crippen LogP contribution in [0.1, 0.15) is 32.6 Å². The third-order valence-electron chi connectivity index (χ3n) is 4.98. The van der Waals surface area contributed by atoms with Crippen LogP contribution in [0.15, 0.2) is 18.3 Å². The molecule has 26 heavy (non-hydrogen) atoms. The quantitative estimate of drug-likeness (QED) is 0.563. The molecule has 10 heteroatoms. The van der Waals surface area contributed by atoms with Crippen molar-refractivity contribution >= 4 is 17.3 Å². The second kappa shape index (κ2) is 6.36. The lowest BCUT2D eigenvalue weighted by Crippen LogP contribution is -2.25. The fourth-order valence-electron chi connectivity index (χ4n) is 3.40. The normalized spacial score (nSPS) is 20.4. The number of nitro groups is 1. The molecule has 3 aromatic heterocycles. The van der Waals surface area contributed by atoms with Crippen LogP contribution in [0.25, 0.3) is 17.3 Å². The number of rotatable bonds is 4. The maximum absolute atomic E-state index is 11.0. The summed E-state index contributed by atoms with van der Waals surface area (Å²) in [5.41, 5.74) is 0.563. The fourth-order valence-corrected chi connectivity index (χ4v) is 3.40. The van der Waals surface area contributed by atoms with Crippen LogP contribution < -0.4 is 5.32 Å². The van der Waals surface area contributed by atoms with Crippen LogP contribution in [-0.2, 0) is 7.05 Å². The molecule has 1 saturated carbocycles. The molecule has 0 radical (unpaired) electrons. The zero-order valence-corrected chi connectivity index (χ0v) is 14.7. The van der Waals surface area contributed by atoms with Crippen molar-refractivity contribution in [2.75, 3.05) is 5.32 Å². The Kier molecular flexibility index (Phi) is 4.02. The first-order valence-corrected chi connectivity index (χ1v) is 8.68. The van der Waals surface area contributed by atoms with Gasteiger partial charge in [0.25, 0.3) is 5.82 Å². The van der Waals surface area contributed by atoms with Crippen LogP contribution in [0, 0.1) is 16.0 Å². The van der Waals surface area contributed by atoms with Crippen LogP contribution in [0.5, 0.6) is 0 Å². The number of hydrogen-bond acceptors (Lipinski definition) is 7. The maximum Gasteiger partial charge on any atom is 0.343 e. The van der Waals surface area contributed by atoms with Gasteiger partial charge in [-0.15, -0.1) is 15.3 Å². The van der Waals surface area contributed by atoms with Crippen molar-refractivity contribution in [1.82, 2.24) is 29.4 Å². The van der Waals surface area contributed by atoms with Crippen molar-refractivity contribution in [3.8, 4) is 11.6 Å². The minimum atomic E-state index is -0.482. The van der Waals surface area contributed by atoms with Gasteiger partial charge < -0.3 is 15.4 Å². The average Bonchev–Trinajstić information content (AvgIpc) is 3.20. The summed E-state index contributed by atoms with van der Waals surface area (Å²) in [5, 5.41) is 27.3. The smallest absolute Gasteiger partial charge is 0.343 e. The van der Waals surface area contributed by atoms with Crippen LogP contribution in [0.2, 0.25) is 0 Å². The number of imidazole rings is 1. The van der Waals surface area contributed by atoms with Gasteiger partial charge in [-0.3, -0.25) is 0 Å². The molecule has 1 aliphatic rings. The number of fused-ring (bicyclic) bond motifs is 1. The third kappa shape index (κ3) is 2.87. The number of aromatic nitrogens is 6. The van der Waals surface area contributed by atoms with Crippen molar-refractivity contribution in [2.24, 2.45) is 13.0 Å². The highest BCUT2D eigenvalue weighted by Crippen LogP contribution is 2.26. The first-order chi connectivity index (χ1) is 12.5. The number of nitrogens with zero attached hydrogens (tertiary/aromatic N) is 7. The van der Waals surface area contributed by atoms with Gasteiger partial charge in [-0.05, 0) is 48.7 Å². The van der Waals surface area contributed by atoms with Gasteiger partial charge in [0.1, 0.15) is 12.0 Å². The van der Waals surface area contributed by atoms with E-state index >= 15 is 0 Å². The molecule has 136 valence electrons. The molecule has 1 N–H and O–H groups in total. The summed E-state index contributed by atoms with van der Waals surface area (Å²) in [6.45, 7) is 2.29. The summed E-state index contributed by atoms with van der Waals surface area (Å²) in [6.07, 6.45) is 5.90. The second-order valence-electron chi connectivity index (χ2n) is 6.87. The molecule has 1 fully saturated rings. The van der Waals surface area contributed by atoms with E-state index in [1.54, 1.807) is 11.6 Å². The van der Waals surface area contributed by atoms with E-state index in [0.29, 0.717) is 23.3 Å². The molecule has 1 aliphatic carbocycles. The van der Waals surface area contributed by atoms with Gasteiger partial charge in [-0.25, -0.2) is 9.55 Å². The van der Waals surface area contributed by atoms with Gasteiger partial charge >= 0.3 is 5.82 Å². The van der Waals surface area contributed by atoms with Crippen LogP contribution in [-0.4, -0.2) is 40.3 Å². The summed E-state index contributed by atoms with van der Waals surface area (Å²) in [5.74, 6) is 2.13. The molecule has 10 nitrogen and oxygen atoms in total. The van der Waals surface area contributed by atoms with E-state index in [4.69, 9.17) is 0 Å². The Bertz CT molecular complexity index is 954. The largest absolute Gasteiger partial charge is 0.366 e. The summed E-state index contributed by atoms with van der Waals surface area (Å²) >= 11 is 0. The third-order valence-corrected chi connectivity index (χ3v) is 4.98. The summed E-state index contributed by atoms with van der Waals surface area (Å²) < 4.78 is 2.95. The minimum absolute atomic E-state index is 0.109. The van der Waals surface area contributed by atoms with Gasteiger partial charge in [-0.2, -0.15) is 4.52 Å². The second-order valence-corrected chi connectivity index (χ2v) is 6.87. The molecule has 0 aliphatic heterocycles.